The minimum Gasteiger partial charge on any atom is -0.459 e. The zero-order valence-electron chi connectivity index (χ0n) is 39.7. The minimum absolute atomic E-state index is 0.193. The van der Waals surface area contributed by atoms with Gasteiger partial charge in [0.25, 0.3) is 0 Å². The van der Waals surface area contributed by atoms with Gasteiger partial charge in [0.05, 0.1) is 41.5 Å². The van der Waals surface area contributed by atoms with Gasteiger partial charge in [-0.25, -0.2) is 0 Å². The van der Waals surface area contributed by atoms with E-state index in [1.54, 1.807) is 34.8 Å². The molecular weight excluding hydrogens is 794 g/mol. The molecule has 0 aliphatic carbocycles. The van der Waals surface area contributed by atoms with E-state index in [9.17, 15) is 25.2 Å². The molecule has 6 N–H and O–H groups in total. The van der Waals surface area contributed by atoms with Gasteiger partial charge in [0.2, 0.25) is 0 Å². The standard InChI is InChI=1S/C44H83N3O14/c1-16-32-43(11)44(52,40(50)61-43)29(7)47(14)23-24(2)21-41(9,51)36(60-39-35(57-30(8)48)31(46(12)13)20-25(3)55-39)26(4)34(27(5)38(49)58-32)59-33-22-42(10,53-15)37(28(6)56-33)54-19-17-18-45/h24-37,39-40,48,50-52H,16-23,45H2,1-15H3/t24-,25-,26+,27-,28+,29-,30+,31+,32-,33+,34+,35-,36-,37+,39+,40-,41-,42-,43-,44-/m1/s1. The fraction of sp³-hybridized carbons (Fsp3) is 0.977. The number of nitrogens with zero attached hydrogens (tertiary/aromatic N) is 2. The van der Waals surface area contributed by atoms with Crippen LogP contribution in [0.25, 0.3) is 0 Å². The number of rotatable bonds is 13. The summed E-state index contributed by atoms with van der Waals surface area (Å²) >= 11 is 0. The van der Waals surface area contributed by atoms with Crippen LogP contribution in [0.2, 0.25) is 0 Å². The van der Waals surface area contributed by atoms with Crippen LogP contribution in [0, 0.1) is 17.8 Å². The lowest BCUT2D eigenvalue weighted by Gasteiger charge is -2.62. The Morgan fingerprint density at radius 2 is 1.66 bits per heavy atom. The van der Waals surface area contributed by atoms with E-state index in [-0.39, 0.29) is 37.3 Å². The number of carbonyl (C=O) groups excluding carboxylic acids is 1. The molecular formula is C44H83N3O14. The van der Waals surface area contributed by atoms with Crippen molar-refractivity contribution in [3.05, 3.63) is 0 Å². The summed E-state index contributed by atoms with van der Waals surface area (Å²) in [7, 11) is 7.32. The van der Waals surface area contributed by atoms with Crippen LogP contribution < -0.4 is 5.73 Å². The third-order valence-electron chi connectivity index (χ3n) is 14.2. The van der Waals surface area contributed by atoms with Crippen molar-refractivity contribution in [3.63, 3.8) is 0 Å². The summed E-state index contributed by atoms with van der Waals surface area (Å²) in [5.74, 6) is -2.60. The Bertz CT molecular complexity index is 1400. The van der Waals surface area contributed by atoms with Gasteiger partial charge in [0, 0.05) is 44.7 Å². The lowest BCUT2D eigenvalue weighted by atomic mass is 9.68. The molecule has 4 aliphatic heterocycles. The van der Waals surface area contributed by atoms with Crippen LogP contribution in [0.3, 0.4) is 0 Å². The van der Waals surface area contributed by atoms with Crippen molar-refractivity contribution in [2.45, 2.75) is 211 Å². The fourth-order valence-electron chi connectivity index (χ4n) is 10.6. The van der Waals surface area contributed by atoms with Gasteiger partial charge >= 0.3 is 5.97 Å². The number of carbonyl (C=O) groups is 1. The van der Waals surface area contributed by atoms with Gasteiger partial charge in [-0.2, -0.15) is 0 Å². The molecule has 0 bridgehead atoms. The third kappa shape index (κ3) is 11.1. The first kappa shape index (κ1) is 52.5. The van der Waals surface area contributed by atoms with E-state index in [0.717, 1.165) is 0 Å². The summed E-state index contributed by atoms with van der Waals surface area (Å²) in [5, 5.41) is 46.8. The van der Waals surface area contributed by atoms with Crippen molar-refractivity contribution in [2.75, 3.05) is 47.9 Å². The first-order chi connectivity index (χ1) is 28.3. The maximum atomic E-state index is 14.7. The van der Waals surface area contributed by atoms with Crippen LogP contribution in [0.4, 0.5) is 0 Å². The molecule has 0 unspecified atom stereocenters. The molecule has 0 amide bonds. The van der Waals surface area contributed by atoms with E-state index in [4.69, 9.17) is 48.4 Å². The van der Waals surface area contributed by atoms with E-state index in [1.807, 2.05) is 72.5 Å². The highest BCUT2D eigenvalue weighted by Gasteiger charge is 2.71. The summed E-state index contributed by atoms with van der Waals surface area (Å²) in [6.07, 6.45) is -7.64. The van der Waals surface area contributed by atoms with Crippen molar-refractivity contribution in [2.24, 2.45) is 23.5 Å². The van der Waals surface area contributed by atoms with Crippen molar-refractivity contribution < 1.29 is 67.9 Å². The number of fused-ring (bicyclic) bond motifs is 1. The molecule has 0 saturated carbocycles. The van der Waals surface area contributed by atoms with Gasteiger partial charge in [0.15, 0.2) is 30.8 Å². The molecule has 4 fully saturated rings. The largest absolute Gasteiger partial charge is 0.459 e. The maximum Gasteiger partial charge on any atom is 0.311 e. The lowest BCUT2D eigenvalue weighted by molar-refractivity contribution is -0.437. The number of ether oxygens (including phenoxy) is 9. The number of aliphatic hydroxyl groups is 4. The zero-order valence-corrected chi connectivity index (χ0v) is 39.7. The molecule has 17 heteroatoms. The number of esters is 1. The number of likely N-dealkylation sites (N-methyl/N-ethyl adjacent to an activating group) is 2. The van der Waals surface area contributed by atoms with Crippen LogP contribution in [-0.4, -0.2) is 187 Å². The minimum atomic E-state index is -1.82. The number of nitrogens with two attached hydrogens (primary N) is 1. The zero-order chi connectivity index (χ0) is 46.0. The third-order valence-corrected chi connectivity index (χ3v) is 14.2. The fourth-order valence-corrected chi connectivity index (χ4v) is 10.6. The molecule has 358 valence electrons. The van der Waals surface area contributed by atoms with Crippen LogP contribution in [0.5, 0.6) is 0 Å². The Balaban J connectivity index is 1.86. The SMILES string of the molecule is CC[C@H]1OC(=O)[C@H](C)[C@@H](O[C@H]2C[C@@](C)(OC)[C@@H](OCCCN)[C@H](C)O2)[C@H](C)[C@@H](O[C@@H]2O[C@H](C)C[C@H](N(C)C)[C@H]2O[C@@H](C)O)[C@](C)(O)C[C@@H](C)CN(C)[C@H](C)[C@@]2(O)[C@H](O)O[C@]12C. The molecule has 0 aromatic carbocycles. The lowest BCUT2D eigenvalue weighted by Crippen LogP contribution is -2.83. The first-order valence-corrected chi connectivity index (χ1v) is 22.5. The van der Waals surface area contributed by atoms with Gasteiger partial charge in [-0.1, -0.05) is 20.8 Å². The molecule has 4 heterocycles. The quantitative estimate of drug-likeness (QED) is 0.102. The van der Waals surface area contributed by atoms with Gasteiger partial charge in [-0.05, 0) is 115 Å². The normalized spacial score (nSPS) is 47.8. The molecule has 4 rings (SSSR count). The van der Waals surface area contributed by atoms with Crippen molar-refractivity contribution in [3.8, 4) is 0 Å². The van der Waals surface area contributed by atoms with Crippen molar-refractivity contribution >= 4 is 5.97 Å². The highest BCUT2D eigenvalue weighted by molar-refractivity contribution is 5.73. The van der Waals surface area contributed by atoms with Crippen LogP contribution in [-0.2, 0) is 47.4 Å². The molecule has 61 heavy (non-hydrogen) atoms. The first-order valence-electron chi connectivity index (χ1n) is 22.5. The maximum absolute atomic E-state index is 14.7. The van der Waals surface area contributed by atoms with Crippen LogP contribution >= 0.6 is 0 Å². The summed E-state index contributed by atoms with van der Waals surface area (Å²) in [5.41, 5.74) is 0.0263. The molecule has 4 saturated heterocycles. The average molecular weight is 878 g/mol. The smallest absolute Gasteiger partial charge is 0.311 e. The van der Waals surface area contributed by atoms with E-state index in [1.165, 1.54) is 6.92 Å². The Hall–Kier alpha value is -1.13. The predicted molar refractivity (Wildman–Crippen MR) is 226 cm³/mol. The van der Waals surface area contributed by atoms with Gasteiger partial charge in [0.1, 0.15) is 23.9 Å². The Morgan fingerprint density at radius 1 is 1.00 bits per heavy atom. The highest BCUT2D eigenvalue weighted by Crippen LogP contribution is 2.50. The van der Waals surface area contributed by atoms with Crippen molar-refractivity contribution in [1.82, 2.24) is 9.80 Å². The number of aliphatic hydroxyl groups excluding tert-OH is 2. The molecule has 0 radical (unpaired) electrons. The summed E-state index contributed by atoms with van der Waals surface area (Å²) in [6.45, 7) is 21.2. The second kappa shape index (κ2) is 21.0. The number of cyclic esters (lactones) is 1. The van der Waals surface area contributed by atoms with E-state index in [2.05, 4.69) is 0 Å². The van der Waals surface area contributed by atoms with Crippen LogP contribution in [0.15, 0.2) is 0 Å². The topological polar surface area (TPSA) is 214 Å². The van der Waals surface area contributed by atoms with Gasteiger partial charge in [-0.3, -0.25) is 4.79 Å². The predicted octanol–water partition coefficient (Wildman–Crippen LogP) is 2.36. The van der Waals surface area contributed by atoms with Crippen LogP contribution in [0.1, 0.15) is 108 Å². The summed E-state index contributed by atoms with van der Waals surface area (Å²) < 4.78 is 57.7. The molecule has 4 aliphatic rings. The summed E-state index contributed by atoms with van der Waals surface area (Å²) in [4.78, 5) is 18.6. The van der Waals surface area contributed by atoms with E-state index >= 15 is 0 Å². The molecule has 0 aromatic rings. The Morgan fingerprint density at radius 3 is 2.21 bits per heavy atom. The number of hydrogen-bond acceptors (Lipinski definition) is 17. The van der Waals surface area contributed by atoms with E-state index < -0.39 is 108 Å². The Kier molecular flexibility index (Phi) is 18.1. The van der Waals surface area contributed by atoms with E-state index in [0.29, 0.717) is 32.5 Å². The monoisotopic (exact) mass is 878 g/mol. The Labute approximate surface area is 365 Å². The second-order valence-electron chi connectivity index (χ2n) is 19.5. The van der Waals surface area contributed by atoms with Crippen molar-refractivity contribution in [1.29, 1.82) is 0 Å². The average Bonchev–Trinajstić information content (AvgIpc) is 3.17. The highest BCUT2D eigenvalue weighted by atomic mass is 16.7. The molecule has 20 atom stereocenters. The number of hydrogen-bond donors (Lipinski definition) is 5. The summed E-state index contributed by atoms with van der Waals surface area (Å²) in [6, 6.07) is -0.871. The molecule has 0 spiro atoms. The van der Waals surface area contributed by atoms with Gasteiger partial charge in [-0.15, -0.1) is 0 Å². The molecule has 17 nitrogen and oxygen atoms in total. The molecule has 0 aromatic heterocycles. The number of methoxy groups -OCH3 is 1. The second-order valence-corrected chi connectivity index (χ2v) is 19.5. The van der Waals surface area contributed by atoms with Gasteiger partial charge < -0.3 is 78.6 Å².